The fraction of sp³-hybridized carbons (Fsp3) is 0.429. The summed E-state index contributed by atoms with van der Waals surface area (Å²) >= 11 is 0. The van der Waals surface area contributed by atoms with Gasteiger partial charge in [-0.25, -0.2) is 8.42 Å². The second-order valence-corrected chi connectivity index (χ2v) is 7.57. The van der Waals surface area contributed by atoms with E-state index >= 15 is 0 Å². The number of sulfonamides is 1. The minimum absolute atomic E-state index is 0. The molecule has 2 heterocycles. The van der Waals surface area contributed by atoms with Crippen molar-refractivity contribution in [1.82, 2.24) is 9.21 Å². The maximum atomic E-state index is 12.6. The van der Waals surface area contributed by atoms with Crippen LogP contribution >= 0.6 is 12.4 Å². The van der Waals surface area contributed by atoms with E-state index in [-0.39, 0.29) is 34.3 Å². The number of nitrogens with two attached hydrogens (primary N) is 1. The average Bonchev–Trinajstić information content (AvgIpc) is 3.08. The Kier molecular flexibility index (Phi) is 4.81. The van der Waals surface area contributed by atoms with Gasteiger partial charge in [-0.2, -0.15) is 4.31 Å². The van der Waals surface area contributed by atoms with Gasteiger partial charge < -0.3 is 5.73 Å². The summed E-state index contributed by atoms with van der Waals surface area (Å²) in [5.74, 6) is -0.717. The van der Waals surface area contributed by atoms with E-state index in [2.05, 4.69) is 0 Å². The molecule has 2 aliphatic rings. The second kappa shape index (κ2) is 6.20. The van der Waals surface area contributed by atoms with Crippen molar-refractivity contribution in [1.29, 1.82) is 0 Å². The summed E-state index contributed by atoms with van der Waals surface area (Å²) < 4.78 is 26.7. The SMILES string of the molecule is CN1C(=O)c2ccc(S(=O)(=O)N3CCC(CN)C3)cc2C1=O.Cl. The van der Waals surface area contributed by atoms with Crippen LogP contribution in [0.4, 0.5) is 0 Å². The molecule has 1 unspecified atom stereocenters. The monoisotopic (exact) mass is 359 g/mol. The van der Waals surface area contributed by atoms with Gasteiger partial charge in [0, 0.05) is 20.1 Å². The molecule has 1 aromatic carbocycles. The highest BCUT2D eigenvalue weighted by atomic mass is 35.5. The molecule has 0 aromatic heterocycles. The zero-order valence-corrected chi connectivity index (χ0v) is 14.2. The molecule has 1 saturated heterocycles. The van der Waals surface area contributed by atoms with E-state index in [1.165, 1.54) is 29.6 Å². The molecule has 2 N–H and O–H groups in total. The number of rotatable bonds is 3. The van der Waals surface area contributed by atoms with Gasteiger partial charge >= 0.3 is 0 Å². The van der Waals surface area contributed by atoms with Crippen LogP contribution < -0.4 is 5.73 Å². The number of amides is 2. The number of imide groups is 1. The lowest BCUT2D eigenvalue weighted by molar-refractivity contribution is 0.0693. The fourth-order valence-electron chi connectivity index (χ4n) is 2.86. The topological polar surface area (TPSA) is 101 Å². The molecule has 2 aliphatic heterocycles. The minimum atomic E-state index is -3.67. The van der Waals surface area contributed by atoms with E-state index < -0.39 is 21.8 Å². The van der Waals surface area contributed by atoms with Crippen LogP contribution in [0.25, 0.3) is 0 Å². The highest BCUT2D eigenvalue weighted by Crippen LogP contribution is 2.28. The predicted molar refractivity (Wildman–Crippen MR) is 86.0 cm³/mol. The van der Waals surface area contributed by atoms with Crippen molar-refractivity contribution in [2.75, 3.05) is 26.7 Å². The maximum Gasteiger partial charge on any atom is 0.261 e. The Morgan fingerprint density at radius 2 is 1.87 bits per heavy atom. The third-order valence-corrected chi connectivity index (χ3v) is 6.14. The van der Waals surface area contributed by atoms with Gasteiger partial charge in [0.25, 0.3) is 11.8 Å². The van der Waals surface area contributed by atoms with Crippen molar-refractivity contribution in [3.05, 3.63) is 29.3 Å². The summed E-state index contributed by atoms with van der Waals surface area (Å²) in [6, 6.07) is 4.08. The summed E-state index contributed by atoms with van der Waals surface area (Å²) in [6.45, 7) is 1.27. The average molecular weight is 360 g/mol. The third kappa shape index (κ3) is 2.76. The van der Waals surface area contributed by atoms with Crippen molar-refractivity contribution in [2.45, 2.75) is 11.3 Å². The van der Waals surface area contributed by atoms with Crippen LogP contribution in [-0.2, 0) is 10.0 Å². The molecule has 0 radical (unpaired) electrons. The lowest BCUT2D eigenvalue weighted by Crippen LogP contribution is -2.30. The Balaban J connectivity index is 0.00000192. The van der Waals surface area contributed by atoms with E-state index in [0.29, 0.717) is 19.6 Å². The predicted octanol–water partition coefficient (Wildman–Crippen LogP) is 0.304. The summed E-state index contributed by atoms with van der Waals surface area (Å²) in [7, 11) is -2.29. The summed E-state index contributed by atoms with van der Waals surface area (Å²) in [5.41, 5.74) is 5.98. The molecule has 0 spiro atoms. The van der Waals surface area contributed by atoms with Gasteiger partial charge in [0.1, 0.15) is 0 Å². The van der Waals surface area contributed by atoms with Gasteiger partial charge in [0.2, 0.25) is 10.0 Å². The van der Waals surface area contributed by atoms with Crippen LogP contribution in [-0.4, -0.2) is 56.1 Å². The molecule has 126 valence electrons. The van der Waals surface area contributed by atoms with Crippen LogP contribution in [0.15, 0.2) is 23.1 Å². The van der Waals surface area contributed by atoms with Crippen molar-refractivity contribution in [2.24, 2.45) is 11.7 Å². The Morgan fingerprint density at radius 1 is 1.22 bits per heavy atom. The van der Waals surface area contributed by atoms with E-state index in [9.17, 15) is 18.0 Å². The molecular weight excluding hydrogens is 342 g/mol. The van der Waals surface area contributed by atoms with E-state index in [1.54, 1.807) is 0 Å². The molecule has 2 amide bonds. The quantitative estimate of drug-likeness (QED) is 0.782. The number of hydrogen-bond acceptors (Lipinski definition) is 5. The standard InChI is InChI=1S/C14H17N3O4S.ClH/c1-16-13(18)11-3-2-10(6-12(11)14(16)19)22(20,21)17-5-4-9(7-15)8-17;/h2-3,6,9H,4-5,7-8,15H2,1H3;1H. The zero-order chi connectivity index (χ0) is 16.1. The Labute approximate surface area is 140 Å². The third-order valence-electron chi connectivity index (χ3n) is 4.28. The van der Waals surface area contributed by atoms with Crippen LogP contribution in [0.3, 0.4) is 0 Å². The van der Waals surface area contributed by atoms with Gasteiger partial charge in [-0.15, -0.1) is 12.4 Å². The minimum Gasteiger partial charge on any atom is -0.330 e. The number of fused-ring (bicyclic) bond motifs is 1. The molecule has 0 bridgehead atoms. The lowest BCUT2D eigenvalue weighted by atomic mass is 10.1. The number of carbonyl (C=O) groups excluding carboxylic acids is 2. The van der Waals surface area contributed by atoms with Gasteiger partial charge in [-0.05, 0) is 37.1 Å². The molecule has 0 aliphatic carbocycles. The molecule has 1 atom stereocenters. The molecule has 3 rings (SSSR count). The van der Waals surface area contributed by atoms with E-state index in [0.717, 1.165) is 11.3 Å². The van der Waals surface area contributed by atoms with Crippen LogP contribution in [0.2, 0.25) is 0 Å². The molecular formula is C14H18ClN3O4S. The summed E-state index contributed by atoms with van der Waals surface area (Å²) in [5, 5.41) is 0. The first-order valence-electron chi connectivity index (χ1n) is 7.03. The summed E-state index contributed by atoms with van der Waals surface area (Å²) in [6.07, 6.45) is 0.737. The Morgan fingerprint density at radius 3 is 2.48 bits per heavy atom. The van der Waals surface area contributed by atoms with Crippen LogP contribution in [0.5, 0.6) is 0 Å². The Hall–Kier alpha value is -1.48. The molecule has 7 nitrogen and oxygen atoms in total. The zero-order valence-electron chi connectivity index (χ0n) is 12.6. The highest BCUT2D eigenvalue weighted by molar-refractivity contribution is 7.89. The largest absolute Gasteiger partial charge is 0.330 e. The lowest BCUT2D eigenvalue weighted by Gasteiger charge is -2.16. The number of carbonyl (C=O) groups is 2. The van der Waals surface area contributed by atoms with E-state index in [1.807, 2.05) is 0 Å². The van der Waals surface area contributed by atoms with Crippen molar-refractivity contribution < 1.29 is 18.0 Å². The molecule has 0 saturated carbocycles. The van der Waals surface area contributed by atoms with Gasteiger partial charge in [-0.3, -0.25) is 14.5 Å². The van der Waals surface area contributed by atoms with Gasteiger partial charge in [0.05, 0.1) is 16.0 Å². The van der Waals surface area contributed by atoms with Crippen LogP contribution in [0.1, 0.15) is 27.1 Å². The number of nitrogens with zero attached hydrogens (tertiary/aromatic N) is 2. The highest BCUT2D eigenvalue weighted by Gasteiger charge is 2.36. The van der Waals surface area contributed by atoms with Gasteiger partial charge in [0.15, 0.2) is 0 Å². The Bertz CT molecular complexity index is 765. The fourth-order valence-corrected chi connectivity index (χ4v) is 4.42. The maximum absolute atomic E-state index is 12.6. The number of hydrogen-bond donors (Lipinski definition) is 1. The van der Waals surface area contributed by atoms with Gasteiger partial charge in [-0.1, -0.05) is 0 Å². The first kappa shape index (κ1) is 17.9. The number of benzene rings is 1. The van der Waals surface area contributed by atoms with Crippen molar-refractivity contribution in [3.63, 3.8) is 0 Å². The molecule has 1 fully saturated rings. The first-order valence-corrected chi connectivity index (χ1v) is 8.47. The van der Waals surface area contributed by atoms with Crippen molar-refractivity contribution >= 4 is 34.2 Å². The first-order chi connectivity index (χ1) is 10.4. The molecule has 23 heavy (non-hydrogen) atoms. The normalized spacial score (nSPS) is 21.5. The smallest absolute Gasteiger partial charge is 0.261 e. The molecule has 1 aromatic rings. The summed E-state index contributed by atoms with van der Waals surface area (Å²) in [4.78, 5) is 24.9. The number of halogens is 1. The van der Waals surface area contributed by atoms with E-state index in [4.69, 9.17) is 5.73 Å². The second-order valence-electron chi connectivity index (χ2n) is 5.63. The molecule has 9 heteroatoms. The van der Waals surface area contributed by atoms with Crippen LogP contribution in [0, 0.1) is 5.92 Å². The van der Waals surface area contributed by atoms with Crippen molar-refractivity contribution in [3.8, 4) is 0 Å².